The van der Waals surface area contributed by atoms with E-state index in [0.717, 1.165) is 30.2 Å². The molecule has 0 bridgehead atoms. The lowest BCUT2D eigenvalue weighted by Crippen LogP contribution is -2.44. The lowest BCUT2D eigenvalue weighted by atomic mass is 9.86. The molecule has 1 amide bonds. The molecule has 2 rings (SSSR count). The van der Waals surface area contributed by atoms with Gasteiger partial charge in [0.25, 0.3) is 10.1 Å². The SMILES string of the molecule is Cc1ccc(Cl)cc1[C@H](OCCOS(C)(=O)=O)C1CCCN(C(=O)OC(C)(C)C)C1. The highest BCUT2D eigenvalue weighted by molar-refractivity contribution is 7.85. The quantitative estimate of drug-likeness (QED) is 0.444. The van der Waals surface area contributed by atoms with E-state index in [1.807, 2.05) is 45.9 Å². The van der Waals surface area contributed by atoms with Gasteiger partial charge in [-0.05, 0) is 63.8 Å². The molecule has 0 radical (unpaired) electrons. The second kappa shape index (κ2) is 10.3. The van der Waals surface area contributed by atoms with Crippen LogP contribution < -0.4 is 0 Å². The van der Waals surface area contributed by atoms with E-state index >= 15 is 0 Å². The number of likely N-dealkylation sites (tertiary alicyclic amines) is 1. The summed E-state index contributed by atoms with van der Waals surface area (Å²) in [5.74, 6) is 0.0154. The number of halogens is 1. The summed E-state index contributed by atoms with van der Waals surface area (Å²) in [4.78, 5) is 14.3. The summed E-state index contributed by atoms with van der Waals surface area (Å²) in [6, 6.07) is 5.61. The van der Waals surface area contributed by atoms with Gasteiger partial charge in [0.15, 0.2) is 0 Å². The number of nitrogens with zero attached hydrogens (tertiary/aromatic N) is 1. The van der Waals surface area contributed by atoms with E-state index < -0.39 is 15.7 Å². The van der Waals surface area contributed by atoms with Crippen molar-refractivity contribution < 1.29 is 26.9 Å². The Hall–Kier alpha value is -1.35. The summed E-state index contributed by atoms with van der Waals surface area (Å²) in [6.07, 6.45) is 2.00. The molecule has 1 fully saturated rings. The van der Waals surface area contributed by atoms with Crippen molar-refractivity contribution in [3.05, 3.63) is 34.3 Å². The van der Waals surface area contributed by atoms with Crippen molar-refractivity contribution in [3.63, 3.8) is 0 Å². The van der Waals surface area contributed by atoms with E-state index in [9.17, 15) is 13.2 Å². The summed E-state index contributed by atoms with van der Waals surface area (Å²) in [5, 5.41) is 0.594. The maximum atomic E-state index is 12.6. The number of hydrogen-bond acceptors (Lipinski definition) is 6. The van der Waals surface area contributed by atoms with Gasteiger partial charge < -0.3 is 14.4 Å². The maximum absolute atomic E-state index is 12.6. The van der Waals surface area contributed by atoms with Crippen molar-refractivity contribution in [2.75, 3.05) is 32.6 Å². The molecule has 1 saturated heterocycles. The highest BCUT2D eigenvalue weighted by Gasteiger charge is 2.33. The van der Waals surface area contributed by atoms with Crippen molar-refractivity contribution in [1.82, 2.24) is 4.90 Å². The summed E-state index contributed by atoms with van der Waals surface area (Å²) in [5.41, 5.74) is 1.38. The molecule has 170 valence electrons. The Balaban J connectivity index is 2.18. The number of carbonyl (C=O) groups excluding carboxylic acids is 1. The number of benzene rings is 1. The lowest BCUT2D eigenvalue weighted by Gasteiger charge is -2.38. The van der Waals surface area contributed by atoms with E-state index in [0.29, 0.717) is 18.1 Å². The molecule has 1 heterocycles. The van der Waals surface area contributed by atoms with Crippen LogP contribution >= 0.6 is 11.6 Å². The number of ether oxygens (including phenoxy) is 2. The molecule has 0 aliphatic carbocycles. The van der Waals surface area contributed by atoms with Crippen LogP contribution in [0.15, 0.2) is 18.2 Å². The summed E-state index contributed by atoms with van der Waals surface area (Å²) < 4.78 is 38.9. The fourth-order valence-corrected chi connectivity index (χ4v) is 4.06. The first-order valence-corrected chi connectivity index (χ1v) is 12.2. The van der Waals surface area contributed by atoms with Crippen LogP contribution in [-0.2, 0) is 23.8 Å². The van der Waals surface area contributed by atoms with Gasteiger partial charge in [0.1, 0.15) is 5.60 Å². The van der Waals surface area contributed by atoms with Gasteiger partial charge in [0, 0.05) is 24.0 Å². The van der Waals surface area contributed by atoms with Gasteiger partial charge in [-0.2, -0.15) is 8.42 Å². The average molecular weight is 462 g/mol. The lowest BCUT2D eigenvalue weighted by molar-refractivity contribution is -0.0325. The Kier molecular flexibility index (Phi) is 8.56. The summed E-state index contributed by atoms with van der Waals surface area (Å²) in [6.45, 7) is 8.65. The van der Waals surface area contributed by atoms with Gasteiger partial charge >= 0.3 is 6.09 Å². The highest BCUT2D eigenvalue weighted by atomic mass is 35.5. The molecular formula is C21H32ClNO6S. The molecule has 1 unspecified atom stereocenters. The average Bonchev–Trinajstić information content (AvgIpc) is 2.62. The minimum Gasteiger partial charge on any atom is -0.444 e. The van der Waals surface area contributed by atoms with E-state index in [4.69, 9.17) is 25.3 Å². The minimum atomic E-state index is -3.53. The van der Waals surface area contributed by atoms with Crippen LogP contribution in [-0.4, -0.2) is 57.6 Å². The number of amides is 1. The first-order chi connectivity index (χ1) is 13.9. The third-order valence-corrected chi connectivity index (χ3v) is 5.59. The van der Waals surface area contributed by atoms with Crippen molar-refractivity contribution in [2.45, 2.75) is 52.2 Å². The van der Waals surface area contributed by atoms with E-state index in [-0.39, 0.29) is 31.3 Å². The first-order valence-electron chi connectivity index (χ1n) is 10.1. The Labute approximate surface area is 184 Å². The van der Waals surface area contributed by atoms with Crippen molar-refractivity contribution in [3.8, 4) is 0 Å². The van der Waals surface area contributed by atoms with E-state index in [2.05, 4.69) is 0 Å². The predicted molar refractivity (Wildman–Crippen MR) is 116 cm³/mol. The molecule has 0 aromatic heterocycles. The third kappa shape index (κ3) is 8.06. The zero-order valence-electron chi connectivity index (χ0n) is 18.3. The Bertz CT molecular complexity index is 836. The Morgan fingerprint density at radius 1 is 1.30 bits per heavy atom. The standard InChI is InChI=1S/C21H32ClNO6S/c1-15-8-9-17(22)13-18(15)19(27-11-12-28-30(5,25)26)16-7-6-10-23(14-16)20(24)29-21(2,3)4/h8-9,13,16,19H,6-7,10-12,14H2,1-5H3/t16?,19-/m1/s1. The van der Waals surface area contributed by atoms with E-state index in [1.165, 1.54) is 0 Å². The normalized spacial score (nSPS) is 18.9. The van der Waals surface area contributed by atoms with Crippen LogP contribution in [0.1, 0.15) is 50.8 Å². The Morgan fingerprint density at radius 3 is 2.63 bits per heavy atom. The molecule has 1 aromatic rings. The van der Waals surface area contributed by atoms with Gasteiger partial charge in [-0.15, -0.1) is 0 Å². The Morgan fingerprint density at radius 2 is 2.00 bits per heavy atom. The number of hydrogen-bond donors (Lipinski definition) is 0. The van der Waals surface area contributed by atoms with Gasteiger partial charge in [-0.25, -0.2) is 4.79 Å². The molecule has 9 heteroatoms. The van der Waals surface area contributed by atoms with Crippen LogP contribution in [0, 0.1) is 12.8 Å². The largest absolute Gasteiger partial charge is 0.444 e. The number of piperidine rings is 1. The van der Waals surface area contributed by atoms with Gasteiger partial charge in [-0.3, -0.25) is 4.18 Å². The van der Waals surface area contributed by atoms with Crippen LogP contribution in [0.25, 0.3) is 0 Å². The fraction of sp³-hybridized carbons (Fsp3) is 0.667. The third-order valence-electron chi connectivity index (χ3n) is 4.76. The van der Waals surface area contributed by atoms with Crippen molar-refractivity contribution >= 4 is 27.8 Å². The predicted octanol–water partition coefficient (Wildman–Crippen LogP) is 4.33. The summed E-state index contributed by atoms with van der Waals surface area (Å²) >= 11 is 6.23. The molecule has 30 heavy (non-hydrogen) atoms. The molecule has 2 atom stereocenters. The fourth-order valence-electron chi connectivity index (χ4n) is 3.51. The first kappa shape index (κ1) is 24.9. The maximum Gasteiger partial charge on any atom is 0.410 e. The topological polar surface area (TPSA) is 82.1 Å². The molecule has 0 N–H and O–H groups in total. The summed E-state index contributed by atoms with van der Waals surface area (Å²) in [7, 11) is -3.53. The molecule has 1 aromatic carbocycles. The molecular weight excluding hydrogens is 430 g/mol. The molecule has 7 nitrogen and oxygen atoms in total. The number of aryl methyl sites for hydroxylation is 1. The monoisotopic (exact) mass is 461 g/mol. The second-order valence-electron chi connectivity index (χ2n) is 8.65. The molecule has 1 aliphatic heterocycles. The van der Waals surface area contributed by atoms with Crippen LogP contribution in [0.2, 0.25) is 5.02 Å². The van der Waals surface area contributed by atoms with Crippen molar-refractivity contribution in [1.29, 1.82) is 0 Å². The zero-order chi connectivity index (χ0) is 22.5. The number of rotatable bonds is 7. The number of carbonyl (C=O) groups is 1. The zero-order valence-corrected chi connectivity index (χ0v) is 19.9. The van der Waals surface area contributed by atoms with Crippen LogP contribution in [0.3, 0.4) is 0 Å². The van der Waals surface area contributed by atoms with Gasteiger partial charge in [0.05, 0.1) is 25.6 Å². The molecule has 0 saturated carbocycles. The smallest absolute Gasteiger partial charge is 0.410 e. The van der Waals surface area contributed by atoms with Crippen molar-refractivity contribution in [2.24, 2.45) is 5.92 Å². The highest BCUT2D eigenvalue weighted by Crippen LogP contribution is 2.36. The molecule has 0 spiro atoms. The van der Waals surface area contributed by atoms with Crippen LogP contribution in [0.5, 0.6) is 0 Å². The minimum absolute atomic E-state index is 0.0154. The molecule has 1 aliphatic rings. The van der Waals surface area contributed by atoms with Gasteiger partial charge in [-0.1, -0.05) is 17.7 Å². The van der Waals surface area contributed by atoms with Crippen LogP contribution in [0.4, 0.5) is 4.79 Å². The second-order valence-corrected chi connectivity index (χ2v) is 10.7. The van der Waals surface area contributed by atoms with Gasteiger partial charge in [0.2, 0.25) is 0 Å². The van der Waals surface area contributed by atoms with E-state index in [1.54, 1.807) is 4.90 Å².